The van der Waals surface area contributed by atoms with Gasteiger partial charge in [0.1, 0.15) is 0 Å². The highest BCUT2D eigenvalue weighted by molar-refractivity contribution is 7.93. The van der Waals surface area contributed by atoms with Gasteiger partial charge in [-0.1, -0.05) is 30.3 Å². The molecule has 0 unspecified atom stereocenters. The Balaban J connectivity index is 1.68. The fourth-order valence-corrected chi connectivity index (χ4v) is 5.12. The van der Waals surface area contributed by atoms with Crippen molar-refractivity contribution in [3.63, 3.8) is 0 Å². The average Bonchev–Trinajstić information content (AvgIpc) is 3.16. The van der Waals surface area contributed by atoms with Crippen molar-refractivity contribution in [1.82, 2.24) is 10.2 Å². The molecule has 0 radical (unpaired) electrons. The standard InChI is InChI=1S/C21H18N4O5S2/c1-31(27,28)19-10-6-5-9-18(19)25-32(29,30)15-11-12-17-16(13-15)20(24-23-17)22-21(26)14-7-3-2-4-8-14/h2-13,25H,1H3,(H2,22,23,24,26). The van der Waals surface area contributed by atoms with Crippen LogP contribution >= 0.6 is 0 Å². The molecule has 0 saturated carbocycles. The maximum absolute atomic E-state index is 13.0. The topological polar surface area (TPSA) is 138 Å². The van der Waals surface area contributed by atoms with Crippen LogP contribution in [0.15, 0.2) is 82.6 Å². The van der Waals surface area contributed by atoms with E-state index in [4.69, 9.17) is 0 Å². The van der Waals surface area contributed by atoms with Crippen molar-refractivity contribution in [2.45, 2.75) is 9.79 Å². The number of nitrogens with zero attached hydrogens (tertiary/aromatic N) is 1. The highest BCUT2D eigenvalue weighted by Crippen LogP contribution is 2.27. The van der Waals surface area contributed by atoms with Gasteiger partial charge in [0.2, 0.25) is 0 Å². The summed E-state index contributed by atoms with van der Waals surface area (Å²) in [6.07, 6.45) is 0.999. The molecule has 0 atom stereocenters. The summed E-state index contributed by atoms with van der Waals surface area (Å²) in [6, 6.07) is 18.5. The third kappa shape index (κ3) is 4.34. The third-order valence-electron chi connectivity index (χ3n) is 4.64. The van der Waals surface area contributed by atoms with Crippen molar-refractivity contribution in [2.24, 2.45) is 0 Å². The molecule has 1 heterocycles. The van der Waals surface area contributed by atoms with Crippen molar-refractivity contribution >= 4 is 48.2 Å². The number of benzene rings is 3. The first-order valence-electron chi connectivity index (χ1n) is 9.31. The Morgan fingerprint density at radius 3 is 2.31 bits per heavy atom. The average molecular weight is 471 g/mol. The molecule has 0 spiro atoms. The molecule has 3 N–H and O–H groups in total. The van der Waals surface area contributed by atoms with E-state index in [-0.39, 0.29) is 21.3 Å². The Morgan fingerprint density at radius 2 is 1.59 bits per heavy atom. The second kappa shape index (κ2) is 8.09. The predicted octanol–water partition coefficient (Wildman–Crippen LogP) is 3.02. The van der Waals surface area contributed by atoms with Crippen LogP contribution in [0.4, 0.5) is 11.5 Å². The smallest absolute Gasteiger partial charge is 0.261 e. The van der Waals surface area contributed by atoms with Gasteiger partial charge in [-0.2, -0.15) is 5.10 Å². The van der Waals surface area contributed by atoms with Crippen LogP contribution in [-0.2, 0) is 19.9 Å². The van der Waals surface area contributed by atoms with Crippen molar-refractivity contribution in [3.8, 4) is 0 Å². The monoisotopic (exact) mass is 470 g/mol. The quantitative estimate of drug-likeness (QED) is 0.396. The molecular weight excluding hydrogens is 452 g/mol. The van der Waals surface area contributed by atoms with E-state index >= 15 is 0 Å². The summed E-state index contributed by atoms with van der Waals surface area (Å²) >= 11 is 0. The SMILES string of the molecule is CS(=O)(=O)c1ccccc1NS(=O)(=O)c1ccc2[nH]nc(NC(=O)c3ccccc3)c2c1. The number of sulfone groups is 1. The van der Waals surface area contributed by atoms with Gasteiger partial charge in [-0.3, -0.25) is 14.6 Å². The van der Waals surface area contributed by atoms with Gasteiger partial charge in [0, 0.05) is 17.2 Å². The van der Waals surface area contributed by atoms with Crippen LogP contribution in [0.1, 0.15) is 10.4 Å². The fourth-order valence-electron chi connectivity index (χ4n) is 3.10. The Bertz CT molecular complexity index is 1530. The van der Waals surface area contributed by atoms with Crippen LogP contribution in [0.2, 0.25) is 0 Å². The third-order valence-corrected chi connectivity index (χ3v) is 7.16. The summed E-state index contributed by atoms with van der Waals surface area (Å²) in [7, 11) is -7.78. The maximum Gasteiger partial charge on any atom is 0.261 e. The number of hydrogen-bond acceptors (Lipinski definition) is 6. The van der Waals surface area contributed by atoms with Crippen molar-refractivity contribution < 1.29 is 21.6 Å². The van der Waals surface area contributed by atoms with E-state index in [1.54, 1.807) is 30.3 Å². The van der Waals surface area contributed by atoms with E-state index in [2.05, 4.69) is 20.2 Å². The van der Waals surface area contributed by atoms with Crippen molar-refractivity contribution in [2.75, 3.05) is 16.3 Å². The number of H-pyrrole nitrogens is 1. The number of aromatic nitrogens is 2. The highest BCUT2D eigenvalue weighted by atomic mass is 32.2. The lowest BCUT2D eigenvalue weighted by Crippen LogP contribution is -2.15. The molecule has 9 nitrogen and oxygen atoms in total. The number of carbonyl (C=O) groups excluding carboxylic acids is 1. The molecule has 4 rings (SSSR count). The Labute approximate surface area is 184 Å². The van der Waals surface area contributed by atoms with E-state index in [0.29, 0.717) is 16.5 Å². The Hall–Kier alpha value is -3.70. The number of nitrogens with one attached hydrogen (secondary N) is 3. The largest absolute Gasteiger partial charge is 0.305 e. The van der Waals surface area contributed by atoms with Gasteiger partial charge in [0.15, 0.2) is 15.7 Å². The number of aromatic amines is 1. The van der Waals surface area contributed by atoms with Crippen molar-refractivity contribution in [1.29, 1.82) is 0 Å². The molecule has 0 bridgehead atoms. The normalized spacial score (nSPS) is 11.9. The number of sulfonamides is 1. The molecule has 3 aromatic carbocycles. The molecule has 32 heavy (non-hydrogen) atoms. The van der Waals surface area contributed by atoms with Crippen LogP contribution in [0.5, 0.6) is 0 Å². The first kappa shape index (κ1) is 21.5. The lowest BCUT2D eigenvalue weighted by Gasteiger charge is -2.12. The molecule has 1 aromatic heterocycles. The minimum Gasteiger partial charge on any atom is -0.305 e. The number of para-hydroxylation sites is 1. The summed E-state index contributed by atoms with van der Waals surface area (Å²) in [5, 5.41) is 9.85. The second-order valence-electron chi connectivity index (χ2n) is 6.97. The molecule has 0 aliphatic rings. The van der Waals surface area contributed by atoms with Gasteiger partial charge in [0.05, 0.1) is 21.0 Å². The zero-order chi connectivity index (χ0) is 22.9. The summed E-state index contributed by atoms with van der Waals surface area (Å²) < 4.78 is 52.3. The molecule has 0 saturated heterocycles. The van der Waals surface area contributed by atoms with Gasteiger partial charge < -0.3 is 5.32 Å². The fraction of sp³-hybridized carbons (Fsp3) is 0.0476. The molecular formula is C21H18N4O5S2. The van der Waals surface area contributed by atoms with Crippen molar-refractivity contribution in [3.05, 3.63) is 78.4 Å². The number of amides is 1. The van der Waals surface area contributed by atoms with Crippen LogP contribution < -0.4 is 10.0 Å². The minimum atomic E-state index is -4.13. The molecule has 164 valence electrons. The van der Waals surface area contributed by atoms with Crippen LogP contribution in [0.3, 0.4) is 0 Å². The number of rotatable bonds is 6. The van der Waals surface area contributed by atoms with E-state index in [1.807, 2.05) is 0 Å². The van der Waals surface area contributed by atoms with Crippen LogP contribution in [0.25, 0.3) is 10.9 Å². The van der Waals surface area contributed by atoms with E-state index in [1.165, 1.54) is 42.5 Å². The van der Waals surface area contributed by atoms with Gasteiger partial charge in [-0.25, -0.2) is 16.8 Å². The van der Waals surface area contributed by atoms with E-state index in [0.717, 1.165) is 6.26 Å². The summed E-state index contributed by atoms with van der Waals surface area (Å²) in [5.74, 6) is -0.227. The van der Waals surface area contributed by atoms with Gasteiger partial charge >= 0.3 is 0 Å². The van der Waals surface area contributed by atoms with E-state index < -0.39 is 25.8 Å². The molecule has 4 aromatic rings. The number of anilines is 2. The second-order valence-corrected chi connectivity index (χ2v) is 10.6. The number of carbonyl (C=O) groups is 1. The molecule has 0 fully saturated rings. The predicted molar refractivity (Wildman–Crippen MR) is 121 cm³/mol. The Kier molecular flexibility index (Phi) is 5.45. The zero-order valence-electron chi connectivity index (χ0n) is 16.7. The van der Waals surface area contributed by atoms with Gasteiger partial charge in [0.25, 0.3) is 15.9 Å². The number of fused-ring (bicyclic) bond motifs is 1. The summed E-state index contributed by atoms with van der Waals surface area (Å²) in [5.41, 5.74) is 0.884. The minimum absolute atomic E-state index is 0.0557. The lowest BCUT2D eigenvalue weighted by molar-refractivity contribution is 0.102. The summed E-state index contributed by atoms with van der Waals surface area (Å²) in [6.45, 7) is 0. The van der Waals surface area contributed by atoms with Crippen LogP contribution in [-0.4, -0.2) is 39.2 Å². The van der Waals surface area contributed by atoms with Gasteiger partial charge in [-0.05, 0) is 42.5 Å². The van der Waals surface area contributed by atoms with Crippen LogP contribution in [0, 0.1) is 0 Å². The highest BCUT2D eigenvalue weighted by Gasteiger charge is 2.21. The zero-order valence-corrected chi connectivity index (χ0v) is 18.4. The Morgan fingerprint density at radius 1 is 0.906 bits per heavy atom. The maximum atomic E-state index is 13.0. The lowest BCUT2D eigenvalue weighted by atomic mass is 10.2. The molecule has 1 amide bonds. The van der Waals surface area contributed by atoms with E-state index in [9.17, 15) is 21.6 Å². The first-order valence-corrected chi connectivity index (χ1v) is 12.7. The van der Waals surface area contributed by atoms with Gasteiger partial charge in [-0.15, -0.1) is 0 Å². The molecule has 11 heteroatoms. The summed E-state index contributed by atoms with van der Waals surface area (Å²) in [4.78, 5) is 12.2. The molecule has 0 aliphatic heterocycles. The number of hydrogen-bond donors (Lipinski definition) is 3. The molecule has 0 aliphatic carbocycles. The first-order chi connectivity index (χ1) is 15.1.